The number of nitrogens with zero attached hydrogens (tertiary/aromatic N) is 2. The number of pyridine rings is 1. The summed E-state index contributed by atoms with van der Waals surface area (Å²) < 4.78 is 0. The molecule has 1 aliphatic heterocycles. The smallest absolute Gasteiger partial charge is 0.305 e. The monoisotopic (exact) mass is 304 g/mol. The number of hydrogen-bond acceptors (Lipinski definition) is 5. The summed E-state index contributed by atoms with van der Waals surface area (Å²) in [5.41, 5.74) is 0. The predicted molar refractivity (Wildman–Crippen MR) is 84.1 cm³/mol. The summed E-state index contributed by atoms with van der Waals surface area (Å²) in [7, 11) is 0. The molecule has 6 heteroatoms. The lowest BCUT2D eigenvalue weighted by atomic mass is 10.1. The highest BCUT2D eigenvalue weighted by molar-refractivity contribution is 7.99. The number of carboxylic acids is 1. The van der Waals surface area contributed by atoms with E-state index in [0.717, 1.165) is 34.6 Å². The van der Waals surface area contributed by atoms with Gasteiger partial charge in [0.25, 0.3) is 0 Å². The normalized spacial score (nSPS) is 18.9. The number of phenols is 1. The van der Waals surface area contributed by atoms with Gasteiger partial charge in [-0.15, -0.1) is 0 Å². The molecule has 1 aliphatic rings. The van der Waals surface area contributed by atoms with E-state index in [9.17, 15) is 9.90 Å². The van der Waals surface area contributed by atoms with E-state index in [-0.39, 0.29) is 18.2 Å². The van der Waals surface area contributed by atoms with Crippen molar-refractivity contribution in [3.05, 3.63) is 30.5 Å². The predicted octanol–water partition coefficient (Wildman–Crippen LogP) is 2.34. The van der Waals surface area contributed by atoms with E-state index < -0.39 is 5.97 Å². The van der Waals surface area contributed by atoms with Crippen LogP contribution in [0.15, 0.2) is 30.5 Å². The fourth-order valence-corrected chi connectivity index (χ4v) is 3.74. The first-order valence-corrected chi connectivity index (χ1v) is 7.94. The summed E-state index contributed by atoms with van der Waals surface area (Å²) in [6.07, 6.45) is 1.83. The van der Waals surface area contributed by atoms with Crippen molar-refractivity contribution in [2.24, 2.45) is 0 Å². The molecule has 1 aromatic carbocycles. The van der Waals surface area contributed by atoms with Crippen LogP contribution in [-0.2, 0) is 4.79 Å². The minimum Gasteiger partial charge on any atom is -0.508 e. The molecule has 2 N–H and O–H groups in total. The summed E-state index contributed by atoms with van der Waals surface area (Å²) in [5, 5.41) is 20.7. The SMILES string of the molecule is O=C(O)CC1CSCCN1c1nccc2ccc(O)cc12. The third-order valence-electron chi connectivity index (χ3n) is 3.64. The van der Waals surface area contributed by atoms with E-state index >= 15 is 0 Å². The third-order valence-corrected chi connectivity index (χ3v) is 4.73. The van der Waals surface area contributed by atoms with Gasteiger partial charge in [-0.2, -0.15) is 11.8 Å². The van der Waals surface area contributed by atoms with E-state index in [4.69, 9.17) is 5.11 Å². The van der Waals surface area contributed by atoms with Gasteiger partial charge in [-0.05, 0) is 23.6 Å². The lowest BCUT2D eigenvalue weighted by molar-refractivity contribution is -0.137. The van der Waals surface area contributed by atoms with Crippen LogP contribution in [0.25, 0.3) is 10.8 Å². The molecular formula is C15H16N2O3S. The number of anilines is 1. The number of thioether (sulfide) groups is 1. The van der Waals surface area contributed by atoms with E-state index in [1.807, 2.05) is 12.1 Å². The van der Waals surface area contributed by atoms with Crippen molar-refractivity contribution in [3.8, 4) is 5.75 Å². The molecule has 3 rings (SSSR count). The van der Waals surface area contributed by atoms with Crippen LogP contribution in [0.4, 0.5) is 5.82 Å². The molecule has 21 heavy (non-hydrogen) atoms. The van der Waals surface area contributed by atoms with Crippen molar-refractivity contribution in [1.82, 2.24) is 4.98 Å². The average Bonchev–Trinajstić information content (AvgIpc) is 2.47. The van der Waals surface area contributed by atoms with Crippen LogP contribution < -0.4 is 4.90 Å². The molecule has 1 unspecified atom stereocenters. The number of carbonyl (C=O) groups is 1. The molecule has 110 valence electrons. The summed E-state index contributed by atoms with van der Waals surface area (Å²) in [6, 6.07) is 7.01. The number of carboxylic acid groups (broad SMARTS) is 1. The van der Waals surface area contributed by atoms with E-state index in [2.05, 4.69) is 9.88 Å². The van der Waals surface area contributed by atoms with E-state index in [1.54, 1.807) is 30.1 Å². The summed E-state index contributed by atoms with van der Waals surface area (Å²) in [6.45, 7) is 0.768. The quantitative estimate of drug-likeness (QED) is 0.906. The second kappa shape index (κ2) is 5.81. The first-order valence-electron chi connectivity index (χ1n) is 6.79. The van der Waals surface area contributed by atoms with E-state index in [1.165, 1.54) is 0 Å². The zero-order valence-corrected chi connectivity index (χ0v) is 12.2. The minimum absolute atomic E-state index is 0.0679. The van der Waals surface area contributed by atoms with Crippen molar-refractivity contribution in [3.63, 3.8) is 0 Å². The number of benzene rings is 1. The summed E-state index contributed by atoms with van der Waals surface area (Å²) in [5.74, 6) is 1.89. The molecule has 0 radical (unpaired) electrons. The van der Waals surface area contributed by atoms with Gasteiger partial charge in [0.1, 0.15) is 11.6 Å². The molecule has 1 atom stereocenters. The van der Waals surface area contributed by atoms with Gasteiger partial charge in [-0.25, -0.2) is 4.98 Å². The topological polar surface area (TPSA) is 73.7 Å². The van der Waals surface area contributed by atoms with Crippen molar-refractivity contribution in [2.75, 3.05) is 23.0 Å². The molecule has 1 fully saturated rings. The lowest BCUT2D eigenvalue weighted by Gasteiger charge is -2.36. The largest absolute Gasteiger partial charge is 0.508 e. The van der Waals surface area contributed by atoms with Crippen LogP contribution >= 0.6 is 11.8 Å². The minimum atomic E-state index is -0.796. The average molecular weight is 304 g/mol. The molecule has 0 saturated carbocycles. The highest BCUT2D eigenvalue weighted by Crippen LogP contribution is 2.32. The fourth-order valence-electron chi connectivity index (χ4n) is 2.67. The van der Waals surface area contributed by atoms with Crippen molar-refractivity contribution in [1.29, 1.82) is 0 Å². The number of aromatic hydroxyl groups is 1. The second-order valence-electron chi connectivity index (χ2n) is 5.06. The highest BCUT2D eigenvalue weighted by atomic mass is 32.2. The van der Waals surface area contributed by atoms with Crippen molar-refractivity contribution in [2.45, 2.75) is 12.5 Å². The Morgan fingerprint density at radius 1 is 1.43 bits per heavy atom. The molecule has 0 bridgehead atoms. The second-order valence-corrected chi connectivity index (χ2v) is 6.21. The van der Waals surface area contributed by atoms with Gasteiger partial charge in [-0.1, -0.05) is 6.07 Å². The molecule has 0 aliphatic carbocycles. The number of rotatable bonds is 3. The Labute approximate surface area is 126 Å². The number of aromatic nitrogens is 1. The zero-order valence-electron chi connectivity index (χ0n) is 11.4. The molecule has 5 nitrogen and oxygen atoms in total. The van der Waals surface area contributed by atoms with Crippen LogP contribution in [0.1, 0.15) is 6.42 Å². The van der Waals surface area contributed by atoms with Gasteiger partial charge < -0.3 is 15.1 Å². The Hall–Kier alpha value is -1.95. The Kier molecular flexibility index (Phi) is 3.88. The number of fused-ring (bicyclic) bond motifs is 1. The highest BCUT2D eigenvalue weighted by Gasteiger charge is 2.27. The van der Waals surface area contributed by atoms with Gasteiger partial charge in [0.15, 0.2) is 0 Å². The maximum absolute atomic E-state index is 11.1. The van der Waals surface area contributed by atoms with Crippen LogP contribution in [0.2, 0.25) is 0 Å². The molecular weight excluding hydrogens is 288 g/mol. The standard InChI is InChI=1S/C15H16N2O3S/c18-12-2-1-10-3-4-16-15(13(10)8-12)17-5-6-21-9-11(17)7-14(19)20/h1-4,8,11,18H,5-7,9H2,(H,19,20). The van der Waals surface area contributed by atoms with Crippen molar-refractivity contribution < 1.29 is 15.0 Å². The maximum atomic E-state index is 11.1. The fraction of sp³-hybridized carbons (Fsp3) is 0.333. The number of aliphatic carboxylic acids is 1. The van der Waals surface area contributed by atoms with E-state index in [0.29, 0.717) is 0 Å². The Morgan fingerprint density at radius 3 is 3.10 bits per heavy atom. The molecule has 1 saturated heterocycles. The summed E-state index contributed by atoms with van der Waals surface area (Å²) in [4.78, 5) is 17.6. The molecule has 0 spiro atoms. The summed E-state index contributed by atoms with van der Waals surface area (Å²) >= 11 is 1.77. The van der Waals surface area contributed by atoms with Crippen LogP contribution in [0.3, 0.4) is 0 Å². The van der Waals surface area contributed by atoms with Gasteiger partial charge in [0.2, 0.25) is 0 Å². The van der Waals surface area contributed by atoms with Gasteiger partial charge in [0.05, 0.1) is 6.42 Å². The first kappa shape index (κ1) is 14.0. The zero-order chi connectivity index (χ0) is 14.8. The molecule has 0 amide bonds. The molecule has 2 aromatic rings. The molecule has 2 heterocycles. The Morgan fingerprint density at radius 2 is 2.29 bits per heavy atom. The Bertz CT molecular complexity index is 677. The Balaban J connectivity index is 2.04. The van der Waals surface area contributed by atoms with Crippen molar-refractivity contribution >= 4 is 34.3 Å². The van der Waals surface area contributed by atoms with Crippen LogP contribution in [-0.4, -0.2) is 45.3 Å². The van der Waals surface area contributed by atoms with Gasteiger partial charge in [-0.3, -0.25) is 4.79 Å². The number of hydrogen-bond donors (Lipinski definition) is 2. The number of phenolic OH excluding ortho intramolecular Hbond substituents is 1. The first-order chi connectivity index (χ1) is 10.1. The van der Waals surface area contributed by atoms with Gasteiger partial charge in [0, 0.05) is 35.7 Å². The molecule has 1 aromatic heterocycles. The van der Waals surface area contributed by atoms with Crippen LogP contribution in [0, 0.1) is 0 Å². The maximum Gasteiger partial charge on any atom is 0.305 e. The lowest BCUT2D eigenvalue weighted by Crippen LogP contribution is -2.44. The third kappa shape index (κ3) is 2.90. The van der Waals surface area contributed by atoms with Gasteiger partial charge >= 0.3 is 5.97 Å². The van der Waals surface area contributed by atoms with Crippen LogP contribution in [0.5, 0.6) is 5.75 Å².